The zero-order valence-corrected chi connectivity index (χ0v) is 18.4. The van der Waals surface area contributed by atoms with E-state index in [1.54, 1.807) is 21.0 Å². The Morgan fingerprint density at radius 3 is 2.31 bits per heavy atom. The molecule has 10 unspecified atom stereocenters. The molecule has 0 bridgehead atoms. The number of hydrogen-bond acceptors (Lipinski definition) is 9. The number of nitrogens with zero attached hydrogens (tertiary/aromatic N) is 1. The highest BCUT2D eigenvalue weighted by Gasteiger charge is 2.69. The van der Waals surface area contributed by atoms with E-state index in [-0.39, 0.29) is 12.0 Å². The normalized spacial score (nSPS) is 48.9. The van der Waals surface area contributed by atoms with Gasteiger partial charge in [-0.1, -0.05) is 6.42 Å². The summed E-state index contributed by atoms with van der Waals surface area (Å²) in [5.74, 6) is -9.13. The smallest absolute Gasteiger partial charge is 0.230 e. The van der Waals surface area contributed by atoms with Gasteiger partial charge >= 0.3 is 0 Å². The number of aliphatic hydroxyl groups excluding tert-OH is 3. The third kappa shape index (κ3) is 2.80. The maximum absolute atomic E-state index is 13.5. The van der Waals surface area contributed by atoms with E-state index in [1.807, 2.05) is 0 Å². The largest absolute Gasteiger partial charge is 0.508 e. The average Bonchev–Trinajstić information content (AvgIpc) is 2.68. The van der Waals surface area contributed by atoms with Crippen LogP contribution in [0, 0.1) is 29.6 Å². The number of Topliss-reactive ketones (excluding diaryl/α,β-unsaturated/α-hetero) is 2. The van der Waals surface area contributed by atoms with Crippen LogP contribution >= 0.6 is 0 Å². The summed E-state index contributed by atoms with van der Waals surface area (Å²) < 4.78 is 0. The lowest BCUT2D eigenvalue weighted by Gasteiger charge is -2.58. The van der Waals surface area contributed by atoms with Crippen molar-refractivity contribution in [3.8, 4) is 0 Å². The summed E-state index contributed by atoms with van der Waals surface area (Å²) in [6.07, 6.45) is -1.12. The van der Waals surface area contributed by atoms with Gasteiger partial charge in [-0.15, -0.1) is 0 Å². The summed E-state index contributed by atoms with van der Waals surface area (Å²) in [6.45, 7) is 1.55. The number of carbonyl (C=O) groups is 3. The average molecular weight is 453 g/mol. The third-order valence-corrected chi connectivity index (χ3v) is 8.54. The first kappa shape index (κ1) is 23.3. The van der Waals surface area contributed by atoms with Gasteiger partial charge in [-0.05, 0) is 40.3 Å². The fraction of sp³-hybridized carbons (Fsp3) is 0.773. The second kappa shape index (κ2) is 7.33. The minimum Gasteiger partial charge on any atom is -0.508 e. The predicted octanol–water partition coefficient (Wildman–Crippen LogP) is -1.75. The Kier molecular flexibility index (Phi) is 5.34. The number of likely N-dealkylation sites (N-methyl/N-ethyl adjacent to an activating group) is 1. The molecule has 10 nitrogen and oxygen atoms in total. The molecule has 0 aromatic carbocycles. The van der Waals surface area contributed by atoms with Crippen LogP contribution in [0.15, 0.2) is 11.3 Å². The SMILES string of the molecule is CN(C)C1C(O)C(C(N)=O)C(=O)C2(O)C(O)=C3C(=O)C4C(O)CCCC4C(C)(O)C3CC12. The highest BCUT2D eigenvalue weighted by molar-refractivity contribution is 6.10. The van der Waals surface area contributed by atoms with Crippen molar-refractivity contribution in [1.29, 1.82) is 0 Å². The summed E-state index contributed by atoms with van der Waals surface area (Å²) in [5.41, 5.74) is 0.950. The Bertz CT molecular complexity index is 898. The van der Waals surface area contributed by atoms with Crippen molar-refractivity contribution >= 4 is 17.5 Å². The van der Waals surface area contributed by atoms with Gasteiger partial charge in [0.2, 0.25) is 5.91 Å². The van der Waals surface area contributed by atoms with Crippen molar-refractivity contribution in [3.63, 3.8) is 0 Å². The first-order valence-electron chi connectivity index (χ1n) is 11.1. The topological polar surface area (TPSA) is 182 Å². The van der Waals surface area contributed by atoms with E-state index in [2.05, 4.69) is 0 Å². The van der Waals surface area contributed by atoms with Crippen LogP contribution in [0.1, 0.15) is 32.6 Å². The van der Waals surface area contributed by atoms with E-state index in [1.165, 1.54) is 4.90 Å². The fourth-order valence-electron chi connectivity index (χ4n) is 7.01. The van der Waals surface area contributed by atoms with E-state index >= 15 is 0 Å². The standard InChI is InChI=1S/C22H32N2O8/c1-21(31)8-5-4-6-11(25)12(8)16(26)13-9(21)7-10-15(24(2)3)17(27)14(20(23)30)19(29)22(10,32)18(13)28/h8-12,14-15,17,25,27-28,31-32H,4-7H2,1-3H3,(H2,23,30). The number of amides is 1. The van der Waals surface area contributed by atoms with Crippen LogP contribution in [-0.2, 0) is 14.4 Å². The lowest BCUT2D eigenvalue weighted by atomic mass is 9.49. The monoisotopic (exact) mass is 452 g/mol. The maximum atomic E-state index is 13.5. The van der Waals surface area contributed by atoms with E-state index in [0.29, 0.717) is 19.3 Å². The van der Waals surface area contributed by atoms with Gasteiger partial charge in [0.25, 0.3) is 0 Å². The van der Waals surface area contributed by atoms with Crippen LogP contribution in [0.5, 0.6) is 0 Å². The summed E-state index contributed by atoms with van der Waals surface area (Å²) in [7, 11) is 3.19. The molecule has 10 heteroatoms. The van der Waals surface area contributed by atoms with Gasteiger partial charge < -0.3 is 36.2 Å². The van der Waals surface area contributed by atoms with Gasteiger partial charge in [0, 0.05) is 29.4 Å². The molecule has 0 spiro atoms. The predicted molar refractivity (Wildman–Crippen MR) is 110 cm³/mol. The minimum atomic E-state index is -2.63. The number of aliphatic hydroxyl groups is 5. The molecule has 0 saturated heterocycles. The van der Waals surface area contributed by atoms with Crippen LogP contribution in [-0.4, -0.2) is 91.5 Å². The van der Waals surface area contributed by atoms with Gasteiger partial charge in [-0.25, -0.2) is 0 Å². The van der Waals surface area contributed by atoms with Gasteiger partial charge in [0.15, 0.2) is 17.2 Å². The number of primary amides is 1. The van der Waals surface area contributed by atoms with Gasteiger partial charge in [0.1, 0.15) is 11.7 Å². The van der Waals surface area contributed by atoms with Crippen LogP contribution in [0.25, 0.3) is 0 Å². The van der Waals surface area contributed by atoms with Gasteiger partial charge in [0.05, 0.1) is 23.7 Å². The van der Waals surface area contributed by atoms with Crippen molar-refractivity contribution in [2.24, 2.45) is 35.3 Å². The summed E-state index contributed by atoms with van der Waals surface area (Å²) in [5, 5.41) is 55.7. The zero-order chi connectivity index (χ0) is 23.9. The molecular formula is C22H32N2O8. The summed E-state index contributed by atoms with van der Waals surface area (Å²) in [6, 6.07) is -0.959. The van der Waals surface area contributed by atoms with Crippen molar-refractivity contribution < 1.29 is 39.9 Å². The number of rotatable bonds is 2. The van der Waals surface area contributed by atoms with Crippen LogP contribution in [0.2, 0.25) is 0 Å². The molecule has 0 heterocycles. The molecule has 1 amide bonds. The number of fused-ring (bicyclic) bond motifs is 3. The molecular weight excluding hydrogens is 420 g/mol. The number of hydrogen-bond donors (Lipinski definition) is 6. The fourth-order valence-corrected chi connectivity index (χ4v) is 7.01. The second-order valence-corrected chi connectivity index (χ2v) is 10.3. The van der Waals surface area contributed by atoms with Crippen LogP contribution < -0.4 is 5.73 Å². The summed E-state index contributed by atoms with van der Waals surface area (Å²) >= 11 is 0. The Morgan fingerprint density at radius 1 is 1.12 bits per heavy atom. The first-order valence-corrected chi connectivity index (χ1v) is 11.1. The quantitative estimate of drug-likeness (QED) is 0.265. The molecule has 0 radical (unpaired) electrons. The van der Waals surface area contributed by atoms with Crippen LogP contribution in [0.4, 0.5) is 0 Å². The molecule has 4 aliphatic rings. The van der Waals surface area contributed by atoms with Crippen LogP contribution in [0.3, 0.4) is 0 Å². The molecule has 32 heavy (non-hydrogen) atoms. The zero-order valence-electron chi connectivity index (χ0n) is 18.4. The lowest BCUT2D eigenvalue weighted by Crippen LogP contribution is -2.72. The van der Waals surface area contributed by atoms with E-state index < -0.39 is 82.3 Å². The number of ketones is 2. The van der Waals surface area contributed by atoms with Crippen molar-refractivity contribution in [2.45, 2.75) is 62.1 Å². The minimum absolute atomic E-state index is 0.0783. The number of nitrogens with two attached hydrogens (primary N) is 1. The molecule has 4 rings (SSSR count). The molecule has 0 aromatic heterocycles. The second-order valence-electron chi connectivity index (χ2n) is 10.3. The Balaban J connectivity index is 1.94. The van der Waals surface area contributed by atoms with E-state index in [9.17, 15) is 39.9 Å². The molecule has 3 fully saturated rings. The molecule has 178 valence electrons. The van der Waals surface area contributed by atoms with Gasteiger partial charge in [-0.2, -0.15) is 0 Å². The molecule has 10 atom stereocenters. The van der Waals surface area contributed by atoms with Gasteiger partial charge in [-0.3, -0.25) is 14.4 Å². The molecule has 0 aliphatic heterocycles. The molecule has 4 aliphatic carbocycles. The Hall–Kier alpha value is -1.85. The lowest BCUT2D eigenvalue weighted by molar-refractivity contribution is -0.190. The number of carbonyl (C=O) groups excluding carboxylic acids is 3. The molecule has 3 saturated carbocycles. The third-order valence-electron chi connectivity index (χ3n) is 8.54. The van der Waals surface area contributed by atoms with Crippen molar-refractivity contribution in [1.82, 2.24) is 4.90 Å². The molecule has 7 N–H and O–H groups in total. The van der Waals surface area contributed by atoms with E-state index in [0.717, 1.165) is 0 Å². The summed E-state index contributed by atoms with van der Waals surface area (Å²) in [4.78, 5) is 40.3. The Morgan fingerprint density at radius 2 is 1.75 bits per heavy atom. The van der Waals surface area contributed by atoms with Crippen molar-refractivity contribution in [3.05, 3.63) is 11.3 Å². The highest BCUT2D eigenvalue weighted by Crippen LogP contribution is 2.58. The highest BCUT2D eigenvalue weighted by atomic mass is 16.4. The Labute approximate surface area is 185 Å². The molecule has 0 aromatic rings. The van der Waals surface area contributed by atoms with Crippen molar-refractivity contribution in [2.75, 3.05) is 14.1 Å². The first-order chi connectivity index (χ1) is 14.8. The maximum Gasteiger partial charge on any atom is 0.230 e. The van der Waals surface area contributed by atoms with E-state index in [4.69, 9.17) is 5.73 Å².